The molecule has 1 heterocycles. The number of nitrogens with zero attached hydrogens (tertiary/aromatic N) is 1. The number of piperidine rings is 1. The Balaban J connectivity index is 1.51. The average Bonchev–Trinajstić information content (AvgIpc) is 2.89. The van der Waals surface area contributed by atoms with Crippen LogP contribution in [-0.4, -0.2) is 37.5 Å². The molecule has 2 aliphatic rings. The fourth-order valence-corrected chi connectivity index (χ4v) is 3.65. The highest BCUT2D eigenvalue weighted by molar-refractivity contribution is 5.75. The average molecular weight is 266 g/mol. The zero-order chi connectivity index (χ0) is 13.5. The molecule has 1 N–H and O–H groups in total. The van der Waals surface area contributed by atoms with Crippen LogP contribution in [0.1, 0.15) is 57.8 Å². The Bertz CT molecular complexity index is 274. The molecule has 1 aliphatic heterocycles. The molecular formula is C16H30N2O. The van der Waals surface area contributed by atoms with Gasteiger partial charge >= 0.3 is 0 Å². The molecule has 0 unspecified atom stereocenters. The molecule has 110 valence electrons. The summed E-state index contributed by atoms with van der Waals surface area (Å²) in [5.74, 6) is 1.89. The van der Waals surface area contributed by atoms with Crippen molar-refractivity contribution in [2.75, 3.05) is 26.7 Å². The Labute approximate surface area is 118 Å². The van der Waals surface area contributed by atoms with E-state index in [1.807, 2.05) is 0 Å². The van der Waals surface area contributed by atoms with Gasteiger partial charge in [0.15, 0.2) is 0 Å². The molecular weight excluding hydrogens is 236 g/mol. The molecule has 1 aliphatic carbocycles. The minimum absolute atomic E-state index is 0.274. The molecule has 19 heavy (non-hydrogen) atoms. The van der Waals surface area contributed by atoms with E-state index in [1.165, 1.54) is 51.6 Å². The summed E-state index contributed by atoms with van der Waals surface area (Å²) >= 11 is 0. The maximum absolute atomic E-state index is 11.8. The first-order valence-electron chi connectivity index (χ1n) is 8.19. The first-order valence-corrected chi connectivity index (χ1v) is 8.19. The lowest BCUT2D eigenvalue weighted by molar-refractivity contribution is -0.121. The topological polar surface area (TPSA) is 32.3 Å². The van der Waals surface area contributed by atoms with Crippen LogP contribution < -0.4 is 5.32 Å². The highest BCUT2D eigenvalue weighted by atomic mass is 16.1. The summed E-state index contributed by atoms with van der Waals surface area (Å²) in [5, 5.41) is 3.11. The monoisotopic (exact) mass is 266 g/mol. The van der Waals surface area contributed by atoms with Crippen LogP contribution in [-0.2, 0) is 4.79 Å². The summed E-state index contributed by atoms with van der Waals surface area (Å²) < 4.78 is 0. The molecule has 3 nitrogen and oxygen atoms in total. The van der Waals surface area contributed by atoms with E-state index in [0.717, 1.165) is 37.6 Å². The number of hydrogen-bond donors (Lipinski definition) is 1. The second-order valence-corrected chi connectivity index (χ2v) is 6.60. The predicted molar refractivity (Wildman–Crippen MR) is 79.0 cm³/mol. The quantitative estimate of drug-likeness (QED) is 0.802. The molecule has 0 radical (unpaired) electrons. The van der Waals surface area contributed by atoms with E-state index in [2.05, 4.69) is 17.3 Å². The third-order valence-electron chi connectivity index (χ3n) is 4.85. The number of amides is 1. The summed E-state index contributed by atoms with van der Waals surface area (Å²) in [6.07, 6.45) is 11.1. The number of rotatable bonds is 6. The van der Waals surface area contributed by atoms with Gasteiger partial charge in [0, 0.05) is 19.5 Å². The van der Waals surface area contributed by atoms with Crippen LogP contribution in [0, 0.1) is 11.8 Å². The zero-order valence-electron chi connectivity index (χ0n) is 12.5. The molecule has 0 aromatic heterocycles. The number of carbonyl (C=O) groups is 1. The normalized spacial score (nSPS) is 25.6. The molecule has 0 aromatic carbocycles. The van der Waals surface area contributed by atoms with Crippen molar-refractivity contribution in [2.45, 2.75) is 57.8 Å². The Morgan fingerprint density at radius 2 is 1.84 bits per heavy atom. The van der Waals surface area contributed by atoms with Gasteiger partial charge in [0.05, 0.1) is 0 Å². The van der Waals surface area contributed by atoms with E-state index < -0.39 is 0 Å². The van der Waals surface area contributed by atoms with Crippen molar-refractivity contribution in [1.29, 1.82) is 0 Å². The highest BCUT2D eigenvalue weighted by Crippen LogP contribution is 2.28. The molecule has 1 amide bonds. The van der Waals surface area contributed by atoms with Gasteiger partial charge in [-0.05, 0) is 51.1 Å². The van der Waals surface area contributed by atoms with Gasteiger partial charge in [-0.2, -0.15) is 0 Å². The van der Waals surface area contributed by atoms with Crippen molar-refractivity contribution in [2.24, 2.45) is 11.8 Å². The number of likely N-dealkylation sites (tertiary alicyclic amines) is 1. The van der Waals surface area contributed by atoms with Crippen LogP contribution >= 0.6 is 0 Å². The number of nitrogens with one attached hydrogen (secondary N) is 1. The van der Waals surface area contributed by atoms with E-state index >= 15 is 0 Å². The van der Waals surface area contributed by atoms with Gasteiger partial charge in [0.25, 0.3) is 0 Å². The molecule has 2 rings (SSSR count). The van der Waals surface area contributed by atoms with E-state index in [1.54, 1.807) is 0 Å². The maximum atomic E-state index is 11.8. The lowest BCUT2D eigenvalue weighted by atomic mass is 9.95. The van der Waals surface area contributed by atoms with Gasteiger partial charge in [0.2, 0.25) is 5.91 Å². The van der Waals surface area contributed by atoms with Crippen LogP contribution in [0.15, 0.2) is 0 Å². The molecule has 2 fully saturated rings. The van der Waals surface area contributed by atoms with E-state index in [0.29, 0.717) is 0 Å². The van der Waals surface area contributed by atoms with Crippen LogP contribution in [0.4, 0.5) is 0 Å². The Morgan fingerprint density at radius 3 is 2.58 bits per heavy atom. The summed E-state index contributed by atoms with van der Waals surface area (Å²) in [6.45, 7) is 3.32. The summed E-state index contributed by atoms with van der Waals surface area (Å²) in [7, 11) is 2.20. The lowest BCUT2D eigenvalue weighted by Crippen LogP contribution is -2.34. The third-order valence-corrected chi connectivity index (χ3v) is 4.85. The number of hydrogen-bond acceptors (Lipinski definition) is 2. The van der Waals surface area contributed by atoms with Gasteiger partial charge < -0.3 is 10.2 Å². The van der Waals surface area contributed by atoms with E-state index in [-0.39, 0.29) is 5.91 Å². The van der Waals surface area contributed by atoms with Crippen LogP contribution in [0.3, 0.4) is 0 Å². The van der Waals surface area contributed by atoms with Crippen LogP contribution in [0.25, 0.3) is 0 Å². The van der Waals surface area contributed by atoms with Crippen LogP contribution in [0.5, 0.6) is 0 Å². The maximum Gasteiger partial charge on any atom is 0.220 e. The second kappa shape index (κ2) is 7.88. The first kappa shape index (κ1) is 14.8. The fourth-order valence-electron chi connectivity index (χ4n) is 3.65. The highest BCUT2D eigenvalue weighted by Gasteiger charge is 2.18. The molecule has 1 saturated heterocycles. The largest absolute Gasteiger partial charge is 0.356 e. The van der Waals surface area contributed by atoms with Crippen molar-refractivity contribution in [3.8, 4) is 0 Å². The van der Waals surface area contributed by atoms with Gasteiger partial charge in [0.1, 0.15) is 0 Å². The van der Waals surface area contributed by atoms with Gasteiger partial charge in [-0.3, -0.25) is 4.79 Å². The second-order valence-electron chi connectivity index (χ2n) is 6.60. The third kappa shape index (κ3) is 5.52. The van der Waals surface area contributed by atoms with Crippen LogP contribution in [0.2, 0.25) is 0 Å². The molecule has 3 heteroatoms. The summed E-state index contributed by atoms with van der Waals surface area (Å²) in [5.41, 5.74) is 0. The van der Waals surface area contributed by atoms with Gasteiger partial charge in [-0.25, -0.2) is 0 Å². The zero-order valence-corrected chi connectivity index (χ0v) is 12.5. The lowest BCUT2D eigenvalue weighted by Gasteiger charge is -2.29. The summed E-state index contributed by atoms with van der Waals surface area (Å²) in [6, 6.07) is 0. The van der Waals surface area contributed by atoms with Crippen molar-refractivity contribution in [3.63, 3.8) is 0 Å². The van der Waals surface area contributed by atoms with E-state index in [9.17, 15) is 4.79 Å². The minimum atomic E-state index is 0.274. The standard InChI is InChI=1S/C16H30N2O/c1-18-12-4-7-15(13-18)10-11-17-16(19)9-8-14-5-2-3-6-14/h14-15H,2-13H2,1H3,(H,17,19)/t15-/m1/s1. The van der Waals surface area contributed by atoms with Gasteiger partial charge in [-0.1, -0.05) is 25.7 Å². The Morgan fingerprint density at radius 1 is 1.11 bits per heavy atom. The first-order chi connectivity index (χ1) is 9.24. The van der Waals surface area contributed by atoms with Crippen molar-refractivity contribution >= 4 is 5.91 Å². The number of carbonyl (C=O) groups excluding carboxylic acids is 1. The molecule has 0 bridgehead atoms. The van der Waals surface area contributed by atoms with Crippen molar-refractivity contribution in [1.82, 2.24) is 10.2 Å². The molecule has 1 atom stereocenters. The van der Waals surface area contributed by atoms with Crippen molar-refractivity contribution in [3.05, 3.63) is 0 Å². The summed E-state index contributed by atoms with van der Waals surface area (Å²) in [4.78, 5) is 14.2. The SMILES string of the molecule is CN1CCC[C@H](CCNC(=O)CCC2CCCC2)C1. The van der Waals surface area contributed by atoms with Gasteiger partial charge in [-0.15, -0.1) is 0 Å². The minimum Gasteiger partial charge on any atom is -0.356 e. The Hall–Kier alpha value is -0.570. The van der Waals surface area contributed by atoms with E-state index in [4.69, 9.17) is 0 Å². The fraction of sp³-hybridized carbons (Fsp3) is 0.938. The Kier molecular flexibility index (Phi) is 6.15. The molecule has 1 saturated carbocycles. The molecule has 0 aromatic rings. The molecule has 0 spiro atoms. The smallest absolute Gasteiger partial charge is 0.220 e. The van der Waals surface area contributed by atoms with Crippen molar-refractivity contribution < 1.29 is 4.79 Å². The predicted octanol–water partition coefficient (Wildman–Crippen LogP) is 2.80.